The van der Waals surface area contributed by atoms with Crippen LogP contribution in [0.5, 0.6) is 0 Å². The maximum absolute atomic E-state index is 3.42. The molecule has 0 saturated carbocycles. The van der Waals surface area contributed by atoms with Crippen molar-refractivity contribution in [2.75, 3.05) is 0 Å². The first-order valence-corrected chi connectivity index (χ1v) is 1.48. The maximum atomic E-state index is 3.42. The Labute approximate surface area is 51.1 Å². The van der Waals surface area contributed by atoms with Gasteiger partial charge in [-0.25, -0.2) is 0 Å². The first kappa shape index (κ1) is 9.42. The summed E-state index contributed by atoms with van der Waals surface area (Å²) in [5.41, 5.74) is 0. The fraction of sp³-hybridized carbons (Fsp3) is 0. The van der Waals surface area contributed by atoms with Crippen LogP contribution < -0.4 is 0 Å². The quantitative estimate of drug-likeness (QED) is 0.321. The first-order chi connectivity index (χ1) is 2.41. The standard InChI is InChI=1S/C5H7.Li.H/c1-3-5-4-2;;/h3-5H,1-2H2;;. The first-order valence-electron chi connectivity index (χ1n) is 1.48. The summed E-state index contributed by atoms with van der Waals surface area (Å²) in [6.45, 7) is 6.85. The Hall–Kier alpha value is 0.0774. The van der Waals surface area contributed by atoms with Crippen LogP contribution in [0.1, 0.15) is 0 Å². The van der Waals surface area contributed by atoms with Crippen LogP contribution in [0, 0.1) is 6.92 Å². The third-order valence-electron chi connectivity index (χ3n) is 0.272. The van der Waals surface area contributed by atoms with E-state index in [1.165, 1.54) is 0 Å². The van der Waals surface area contributed by atoms with Crippen molar-refractivity contribution in [2.24, 2.45) is 0 Å². The van der Waals surface area contributed by atoms with Gasteiger partial charge < -0.3 is 0 Å². The second kappa shape index (κ2) is 8.91. The number of allylic oxidation sites excluding steroid dienone is 3. The molecule has 0 aliphatic carbocycles. The minimum absolute atomic E-state index is 0. The fourth-order valence-electron chi connectivity index (χ4n) is 0.0962. The van der Waals surface area contributed by atoms with Gasteiger partial charge >= 0.3 is 18.9 Å². The van der Waals surface area contributed by atoms with Crippen molar-refractivity contribution in [1.29, 1.82) is 0 Å². The van der Waals surface area contributed by atoms with E-state index in [1.54, 1.807) is 18.2 Å². The van der Waals surface area contributed by atoms with Crippen molar-refractivity contribution in [1.82, 2.24) is 0 Å². The molecule has 1 radical (unpaired) electrons. The second-order valence-corrected chi connectivity index (χ2v) is 0.664. The van der Waals surface area contributed by atoms with Crippen molar-refractivity contribution in [3.63, 3.8) is 0 Å². The van der Waals surface area contributed by atoms with E-state index in [-0.39, 0.29) is 18.9 Å². The Balaban J connectivity index is 0. The molecule has 0 aromatic carbocycles. The van der Waals surface area contributed by atoms with Crippen LogP contribution in [-0.4, -0.2) is 18.9 Å². The van der Waals surface area contributed by atoms with Crippen molar-refractivity contribution in [3.05, 3.63) is 31.7 Å². The average Bonchev–Trinajstić information content (AvgIpc) is 1.41. The van der Waals surface area contributed by atoms with E-state index in [1.807, 2.05) is 0 Å². The molecule has 0 unspecified atom stereocenters. The number of hydrogen-bond acceptors (Lipinski definition) is 0. The summed E-state index contributed by atoms with van der Waals surface area (Å²) in [6, 6.07) is 0. The zero-order valence-corrected chi connectivity index (χ0v) is 3.15. The van der Waals surface area contributed by atoms with Gasteiger partial charge in [-0.1, -0.05) is 24.8 Å². The second-order valence-electron chi connectivity index (χ2n) is 0.664. The summed E-state index contributed by atoms with van der Waals surface area (Å²) >= 11 is 0. The Bertz CT molecular complexity index is 45.9. The predicted molar refractivity (Wildman–Crippen MR) is 31.8 cm³/mol. The molecule has 0 bridgehead atoms. The van der Waals surface area contributed by atoms with E-state index in [9.17, 15) is 0 Å². The van der Waals surface area contributed by atoms with Crippen LogP contribution in [0.3, 0.4) is 0 Å². The van der Waals surface area contributed by atoms with Gasteiger partial charge in [0.1, 0.15) is 0 Å². The summed E-state index contributed by atoms with van der Waals surface area (Å²) in [4.78, 5) is 0. The van der Waals surface area contributed by atoms with Crippen LogP contribution in [0.2, 0.25) is 0 Å². The molecule has 0 saturated heterocycles. The van der Waals surface area contributed by atoms with E-state index in [4.69, 9.17) is 0 Å². The monoisotopic (exact) mass is 75.1 g/mol. The molecule has 0 aromatic heterocycles. The van der Waals surface area contributed by atoms with Gasteiger partial charge in [-0.05, 0) is 6.92 Å². The Morgan fingerprint density at radius 1 is 1.33 bits per heavy atom. The number of hydrogen-bond donors (Lipinski definition) is 0. The van der Waals surface area contributed by atoms with Crippen molar-refractivity contribution in [3.8, 4) is 0 Å². The summed E-state index contributed by atoms with van der Waals surface area (Å²) in [7, 11) is 0. The van der Waals surface area contributed by atoms with Crippen LogP contribution in [0.25, 0.3) is 0 Å². The van der Waals surface area contributed by atoms with Crippen LogP contribution in [-0.2, 0) is 0 Å². The summed E-state index contributed by atoms with van der Waals surface area (Å²) in [5.74, 6) is 0. The van der Waals surface area contributed by atoms with Crippen LogP contribution >= 0.6 is 0 Å². The molecule has 0 fully saturated rings. The molecule has 0 N–H and O–H groups in total. The Kier molecular flexibility index (Phi) is 14.0. The summed E-state index contributed by atoms with van der Waals surface area (Å²) in [6.07, 6.45) is 5.15. The molecule has 0 heterocycles. The molecule has 0 amide bonds. The molecule has 0 rings (SSSR count). The minimum atomic E-state index is 0. The van der Waals surface area contributed by atoms with E-state index >= 15 is 0 Å². The topological polar surface area (TPSA) is 0 Å². The van der Waals surface area contributed by atoms with Gasteiger partial charge in [0.05, 0.1) is 0 Å². The van der Waals surface area contributed by atoms with Gasteiger partial charge in [-0.2, -0.15) is 0 Å². The zero-order chi connectivity index (χ0) is 4.12. The van der Waals surface area contributed by atoms with Gasteiger partial charge in [0.2, 0.25) is 0 Å². The molecule has 0 nitrogen and oxygen atoms in total. The molecule has 0 spiro atoms. The van der Waals surface area contributed by atoms with Crippen LogP contribution in [0.15, 0.2) is 24.8 Å². The Morgan fingerprint density at radius 3 is 1.83 bits per heavy atom. The molecular formula is C5H8Li. The summed E-state index contributed by atoms with van der Waals surface area (Å²) in [5, 5.41) is 0. The molecule has 6 heavy (non-hydrogen) atoms. The third-order valence-corrected chi connectivity index (χ3v) is 0.272. The van der Waals surface area contributed by atoms with Crippen molar-refractivity contribution < 1.29 is 0 Å². The molecule has 29 valence electrons. The van der Waals surface area contributed by atoms with Gasteiger partial charge in [0.15, 0.2) is 0 Å². The van der Waals surface area contributed by atoms with E-state index in [0.29, 0.717) is 0 Å². The molecule has 0 atom stereocenters. The van der Waals surface area contributed by atoms with E-state index in [0.717, 1.165) is 0 Å². The zero-order valence-electron chi connectivity index (χ0n) is 3.15. The van der Waals surface area contributed by atoms with Gasteiger partial charge in [0.25, 0.3) is 0 Å². The van der Waals surface area contributed by atoms with Crippen molar-refractivity contribution in [2.45, 2.75) is 0 Å². The van der Waals surface area contributed by atoms with Gasteiger partial charge in [-0.15, -0.1) is 0 Å². The third kappa shape index (κ3) is 8.95. The van der Waals surface area contributed by atoms with E-state index in [2.05, 4.69) is 13.5 Å². The molecule has 0 aromatic rings. The molecule has 1 heteroatoms. The SMILES string of the molecule is [CH2]C=CC=C.[LiH]. The average molecular weight is 75.1 g/mol. The fourth-order valence-corrected chi connectivity index (χ4v) is 0.0962. The normalized spacial score (nSPS) is 7.50. The van der Waals surface area contributed by atoms with Gasteiger partial charge in [0, 0.05) is 0 Å². The molecular weight excluding hydrogens is 67.0 g/mol. The van der Waals surface area contributed by atoms with E-state index < -0.39 is 0 Å². The Morgan fingerprint density at radius 2 is 1.83 bits per heavy atom. The molecule has 0 aliphatic heterocycles. The van der Waals surface area contributed by atoms with Crippen LogP contribution in [0.4, 0.5) is 0 Å². The van der Waals surface area contributed by atoms with Crippen molar-refractivity contribution >= 4 is 18.9 Å². The predicted octanol–water partition coefficient (Wildman–Crippen LogP) is 0.914. The summed E-state index contributed by atoms with van der Waals surface area (Å²) < 4.78 is 0. The van der Waals surface area contributed by atoms with Gasteiger partial charge in [-0.3, -0.25) is 0 Å². The molecule has 0 aliphatic rings. The number of rotatable bonds is 1.